The predicted molar refractivity (Wildman–Crippen MR) is 67.8 cm³/mol. The molecule has 2 aromatic rings. The van der Waals surface area contributed by atoms with E-state index in [0.717, 1.165) is 17.7 Å². The number of halogens is 1. The minimum absolute atomic E-state index is 0.208. The molecule has 17 heavy (non-hydrogen) atoms. The number of rotatable bonds is 4. The van der Waals surface area contributed by atoms with Crippen molar-refractivity contribution in [3.05, 3.63) is 33.1 Å². The SMILES string of the molecule is Cc1cnc(Cl)nc1OCCc1scnc1C. The summed E-state index contributed by atoms with van der Waals surface area (Å²) in [5.74, 6) is 0.548. The summed E-state index contributed by atoms with van der Waals surface area (Å²) in [5.41, 5.74) is 3.80. The molecule has 0 saturated heterocycles. The largest absolute Gasteiger partial charge is 0.477 e. The van der Waals surface area contributed by atoms with E-state index in [1.54, 1.807) is 17.5 Å². The summed E-state index contributed by atoms with van der Waals surface area (Å²) in [6.45, 7) is 4.46. The molecule has 2 aromatic heterocycles. The third-order valence-corrected chi connectivity index (χ3v) is 3.49. The van der Waals surface area contributed by atoms with Gasteiger partial charge in [-0.25, -0.2) is 9.97 Å². The number of hydrogen-bond donors (Lipinski definition) is 0. The van der Waals surface area contributed by atoms with Crippen molar-refractivity contribution in [3.63, 3.8) is 0 Å². The minimum Gasteiger partial charge on any atom is -0.477 e. The Bertz CT molecular complexity index is 515. The van der Waals surface area contributed by atoms with Gasteiger partial charge in [-0.3, -0.25) is 0 Å². The molecule has 6 heteroatoms. The lowest BCUT2D eigenvalue weighted by Gasteiger charge is -2.07. The van der Waals surface area contributed by atoms with Gasteiger partial charge in [-0.2, -0.15) is 4.98 Å². The maximum Gasteiger partial charge on any atom is 0.225 e. The first-order valence-corrected chi connectivity index (χ1v) is 6.43. The minimum atomic E-state index is 0.208. The molecule has 0 saturated carbocycles. The van der Waals surface area contributed by atoms with Crippen molar-refractivity contribution < 1.29 is 4.74 Å². The lowest BCUT2D eigenvalue weighted by molar-refractivity contribution is 0.307. The van der Waals surface area contributed by atoms with Crippen molar-refractivity contribution in [2.45, 2.75) is 20.3 Å². The Morgan fingerprint density at radius 2 is 2.18 bits per heavy atom. The van der Waals surface area contributed by atoms with Crippen LogP contribution in [0.3, 0.4) is 0 Å². The van der Waals surface area contributed by atoms with E-state index < -0.39 is 0 Å². The van der Waals surface area contributed by atoms with Crippen molar-refractivity contribution in [1.29, 1.82) is 0 Å². The van der Waals surface area contributed by atoms with Crippen LogP contribution in [-0.2, 0) is 6.42 Å². The van der Waals surface area contributed by atoms with Crippen molar-refractivity contribution in [2.24, 2.45) is 0 Å². The van der Waals surface area contributed by atoms with Crippen LogP contribution in [0.25, 0.3) is 0 Å². The molecular weight excluding hydrogens is 258 g/mol. The lowest BCUT2D eigenvalue weighted by atomic mass is 10.3. The van der Waals surface area contributed by atoms with E-state index in [1.807, 2.05) is 19.4 Å². The van der Waals surface area contributed by atoms with Crippen LogP contribution in [0.4, 0.5) is 0 Å². The van der Waals surface area contributed by atoms with Gasteiger partial charge in [0.05, 0.1) is 17.8 Å². The van der Waals surface area contributed by atoms with Gasteiger partial charge in [-0.15, -0.1) is 11.3 Å². The highest BCUT2D eigenvalue weighted by Gasteiger charge is 2.05. The first-order chi connectivity index (χ1) is 8.16. The molecule has 2 heterocycles. The number of aryl methyl sites for hydroxylation is 2. The number of hydrogen-bond acceptors (Lipinski definition) is 5. The van der Waals surface area contributed by atoms with Gasteiger partial charge < -0.3 is 4.74 Å². The number of ether oxygens (including phenoxy) is 1. The second-order valence-electron chi connectivity index (χ2n) is 3.59. The smallest absolute Gasteiger partial charge is 0.225 e. The van der Waals surface area contributed by atoms with Crippen LogP contribution in [0.1, 0.15) is 16.1 Å². The molecule has 0 amide bonds. The summed E-state index contributed by atoms with van der Waals surface area (Å²) in [7, 11) is 0. The van der Waals surface area contributed by atoms with Crippen molar-refractivity contribution in [3.8, 4) is 5.88 Å². The van der Waals surface area contributed by atoms with E-state index >= 15 is 0 Å². The van der Waals surface area contributed by atoms with E-state index in [4.69, 9.17) is 16.3 Å². The van der Waals surface area contributed by atoms with Crippen LogP contribution in [0.5, 0.6) is 5.88 Å². The maximum absolute atomic E-state index is 5.71. The molecule has 0 radical (unpaired) electrons. The Morgan fingerprint density at radius 3 is 2.88 bits per heavy atom. The van der Waals surface area contributed by atoms with Gasteiger partial charge in [0.1, 0.15) is 0 Å². The standard InChI is InChI=1S/C11H12ClN3OS/c1-7-5-13-11(12)15-10(7)16-4-3-9-8(2)14-6-17-9/h5-6H,3-4H2,1-2H3. The Hall–Kier alpha value is -1.20. The quantitative estimate of drug-likeness (QED) is 0.801. The van der Waals surface area contributed by atoms with Gasteiger partial charge in [-0.1, -0.05) is 0 Å². The Morgan fingerprint density at radius 1 is 1.35 bits per heavy atom. The first kappa shape index (κ1) is 12.3. The first-order valence-electron chi connectivity index (χ1n) is 5.17. The summed E-state index contributed by atoms with van der Waals surface area (Å²) in [6.07, 6.45) is 2.49. The molecule has 0 N–H and O–H groups in total. The molecule has 0 aliphatic rings. The summed E-state index contributed by atoms with van der Waals surface area (Å²) >= 11 is 7.35. The van der Waals surface area contributed by atoms with E-state index in [9.17, 15) is 0 Å². The van der Waals surface area contributed by atoms with E-state index in [0.29, 0.717) is 12.5 Å². The van der Waals surface area contributed by atoms with Crippen LogP contribution >= 0.6 is 22.9 Å². The highest BCUT2D eigenvalue weighted by Crippen LogP contribution is 2.17. The van der Waals surface area contributed by atoms with Gasteiger partial charge in [0.2, 0.25) is 11.2 Å². The Balaban J connectivity index is 1.94. The fourth-order valence-corrected chi connectivity index (χ4v) is 2.25. The van der Waals surface area contributed by atoms with Crippen LogP contribution in [0.2, 0.25) is 5.28 Å². The highest BCUT2D eigenvalue weighted by atomic mass is 35.5. The van der Waals surface area contributed by atoms with Crippen LogP contribution in [0, 0.1) is 13.8 Å². The molecule has 0 bridgehead atoms. The Kier molecular flexibility index (Phi) is 3.91. The molecular formula is C11H12ClN3OS. The zero-order valence-corrected chi connectivity index (χ0v) is 11.2. The van der Waals surface area contributed by atoms with Crippen LogP contribution < -0.4 is 4.74 Å². The molecule has 0 aliphatic carbocycles. The maximum atomic E-state index is 5.71. The average Bonchev–Trinajstić information content (AvgIpc) is 2.70. The molecule has 0 atom stereocenters. The average molecular weight is 270 g/mol. The van der Waals surface area contributed by atoms with Crippen molar-refractivity contribution >= 4 is 22.9 Å². The molecule has 0 aliphatic heterocycles. The highest BCUT2D eigenvalue weighted by molar-refractivity contribution is 7.09. The summed E-state index contributed by atoms with van der Waals surface area (Å²) in [4.78, 5) is 13.3. The fraction of sp³-hybridized carbons (Fsp3) is 0.364. The third-order valence-electron chi connectivity index (χ3n) is 2.31. The number of aromatic nitrogens is 3. The lowest BCUT2D eigenvalue weighted by Crippen LogP contribution is -2.04. The summed E-state index contributed by atoms with van der Waals surface area (Å²) in [5, 5.41) is 0.208. The van der Waals surface area contributed by atoms with Crippen LogP contribution in [-0.4, -0.2) is 21.6 Å². The summed E-state index contributed by atoms with van der Waals surface area (Å²) < 4.78 is 5.59. The fourth-order valence-electron chi connectivity index (χ4n) is 1.36. The van der Waals surface area contributed by atoms with Crippen molar-refractivity contribution in [1.82, 2.24) is 15.0 Å². The molecule has 0 fully saturated rings. The molecule has 90 valence electrons. The second kappa shape index (κ2) is 5.42. The van der Waals surface area contributed by atoms with Gasteiger partial charge in [-0.05, 0) is 25.4 Å². The topological polar surface area (TPSA) is 47.9 Å². The molecule has 0 unspecified atom stereocenters. The van der Waals surface area contributed by atoms with E-state index in [-0.39, 0.29) is 5.28 Å². The van der Waals surface area contributed by atoms with Gasteiger partial charge in [0, 0.05) is 23.1 Å². The number of thiazole rings is 1. The normalized spacial score (nSPS) is 10.5. The van der Waals surface area contributed by atoms with Gasteiger partial charge in [0.25, 0.3) is 0 Å². The van der Waals surface area contributed by atoms with E-state index in [1.165, 1.54) is 4.88 Å². The van der Waals surface area contributed by atoms with E-state index in [2.05, 4.69) is 15.0 Å². The van der Waals surface area contributed by atoms with Gasteiger partial charge >= 0.3 is 0 Å². The monoisotopic (exact) mass is 269 g/mol. The van der Waals surface area contributed by atoms with Gasteiger partial charge in [0.15, 0.2) is 0 Å². The number of nitrogens with zero attached hydrogens (tertiary/aromatic N) is 3. The second-order valence-corrected chi connectivity index (χ2v) is 4.86. The van der Waals surface area contributed by atoms with Crippen molar-refractivity contribution in [2.75, 3.05) is 6.61 Å². The molecule has 0 spiro atoms. The third kappa shape index (κ3) is 3.14. The zero-order chi connectivity index (χ0) is 12.3. The summed E-state index contributed by atoms with van der Waals surface area (Å²) in [6, 6.07) is 0. The zero-order valence-electron chi connectivity index (χ0n) is 9.61. The molecule has 2 rings (SSSR count). The molecule has 0 aromatic carbocycles. The van der Waals surface area contributed by atoms with Crippen LogP contribution in [0.15, 0.2) is 11.7 Å². The predicted octanol–water partition coefficient (Wildman–Crippen LogP) is 2.82. The molecule has 4 nitrogen and oxygen atoms in total. The Labute approximate surface area is 109 Å².